The fourth-order valence-electron chi connectivity index (χ4n) is 1.10. The molecule has 1 rings (SSSR count). The summed E-state index contributed by atoms with van der Waals surface area (Å²) < 4.78 is 39.6. The molecule has 0 aliphatic carbocycles. The molecule has 0 aliphatic rings. The van der Waals surface area contributed by atoms with Crippen LogP contribution in [0.1, 0.15) is 5.56 Å². The molecule has 0 aromatic heterocycles. The standard InChI is InChI=1S/C8H7Cl2FO4S/c1-15-6-2-5(11)7(9)4(8(6)12)3-16(10,13)14/h2,12H,3H2,1H3. The maximum atomic E-state index is 13.2. The van der Waals surface area contributed by atoms with Crippen molar-refractivity contribution in [3.05, 3.63) is 22.5 Å². The Morgan fingerprint density at radius 1 is 1.56 bits per heavy atom. The fourth-order valence-corrected chi connectivity index (χ4v) is 2.35. The molecule has 0 amide bonds. The van der Waals surface area contributed by atoms with Gasteiger partial charge in [0.05, 0.1) is 17.9 Å². The monoisotopic (exact) mass is 288 g/mol. The molecule has 1 aromatic carbocycles. The molecule has 1 aromatic rings. The number of phenolic OH excluding ortho intramolecular Hbond substituents is 1. The minimum Gasteiger partial charge on any atom is -0.504 e. The van der Waals surface area contributed by atoms with Crippen LogP contribution in [0.5, 0.6) is 11.5 Å². The Hall–Kier alpha value is -0.720. The first kappa shape index (κ1) is 13.3. The zero-order chi connectivity index (χ0) is 12.5. The number of hydrogen-bond acceptors (Lipinski definition) is 4. The van der Waals surface area contributed by atoms with Crippen LogP contribution in [0, 0.1) is 5.82 Å². The number of halogens is 3. The van der Waals surface area contributed by atoms with Crippen molar-refractivity contribution in [2.24, 2.45) is 0 Å². The Labute approximate surface area is 101 Å². The van der Waals surface area contributed by atoms with Crippen LogP contribution in [-0.4, -0.2) is 20.6 Å². The molecule has 90 valence electrons. The summed E-state index contributed by atoms with van der Waals surface area (Å²) in [6.07, 6.45) is 0. The Morgan fingerprint density at radius 3 is 2.56 bits per heavy atom. The lowest BCUT2D eigenvalue weighted by Crippen LogP contribution is -2.00. The number of hydrogen-bond donors (Lipinski definition) is 1. The summed E-state index contributed by atoms with van der Waals surface area (Å²) in [6, 6.07) is 0.849. The highest BCUT2D eigenvalue weighted by molar-refractivity contribution is 8.13. The first-order valence-electron chi connectivity index (χ1n) is 3.92. The lowest BCUT2D eigenvalue weighted by molar-refractivity contribution is 0.368. The van der Waals surface area contributed by atoms with E-state index in [9.17, 15) is 17.9 Å². The van der Waals surface area contributed by atoms with Gasteiger partial charge in [0, 0.05) is 22.3 Å². The van der Waals surface area contributed by atoms with Crippen molar-refractivity contribution in [1.29, 1.82) is 0 Å². The summed E-state index contributed by atoms with van der Waals surface area (Å²) in [7, 11) is 2.24. The van der Waals surface area contributed by atoms with Gasteiger partial charge in [0.2, 0.25) is 9.05 Å². The molecule has 0 spiro atoms. The van der Waals surface area contributed by atoms with Crippen LogP contribution < -0.4 is 4.74 Å². The van der Waals surface area contributed by atoms with Crippen LogP contribution in [0.3, 0.4) is 0 Å². The number of aromatic hydroxyl groups is 1. The Morgan fingerprint density at radius 2 is 2.12 bits per heavy atom. The molecule has 0 aliphatic heterocycles. The lowest BCUT2D eigenvalue weighted by Gasteiger charge is -2.10. The van der Waals surface area contributed by atoms with E-state index in [1.807, 2.05) is 0 Å². The van der Waals surface area contributed by atoms with Gasteiger partial charge in [-0.1, -0.05) is 11.6 Å². The van der Waals surface area contributed by atoms with Crippen LogP contribution in [-0.2, 0) is 14.8 Å². The molecule has 0 bridgehead atoms. The van der Waals surface area contributed by atoms with Crippen molar-refractivity contribution in [2.45, 2.75) is 5.75 Å². The first-order chi connectivity index (χ1) is 7.26. The molecule has 0 atom stereocenters. The highest BCUT2D eigenvalue weighted by Gasteiger charge is 2.21. The SMILES string of the molecule is COc1cc(F)c(Cl)c(CS(=O)(=O)Cl)c1O. The Balaban J connectivity index is 3.42. The molecule has 16 heavy (non-hydrogen) atoms. The van der Waals surface area contributed by atoms with E-state index in [0.29, 0.717) is 0 Å². The second kappa shape index (κ2) is 4.65. The zero-order valence-corrected chi connectivity index (χ0v) is 10.3. The third-order valence-corrected chi connectivity index (χ3v) is 3.16. The quantitative estimate of drug-likeness (QED) is 0.867. The van der Waals surface area contributed by atoms with E-state index in [-0.39, 0.29) is 11.3 Å². The van der Waals surface area contributed by atoms with Crippen molar-refractivity contribution >= 4 is 31.3 Å². The first-order valence-corrected chi connectivity index (χ1v) is 6.78. The summed E-state index contributed by atoms with van der Waals surface area (Å²) in [6.45, 7) is 0. The van der Waals surface area contributed by atoms with Crippen molar-refractivity contribution in [3.63, 3.8) is 0 Å². The van der Waals surface area contributed by atoms with Crippen molar-refractivity contribution in [2.75, 3.05) is 7.11 Å². The highest BCUT2D eigenvalue weighted by Crippen LogP contribution is 2.38. The summed E-state index contributed by atoms with van der Waals surface area (Å²) in [4.78, 5) is 0. The van der Waals surface area contributed by atoms with Gasteiger partial charge < -0.3 is 9.84 Å². The summed E-state index contributed by atoms with van der Waals surface area (Å²) in [5.74, 6) is -2.44. The minimum absolute atomic E-state index is 0.211. The topological polar surface area (TPSA) is 63.6 Å². The molecule has 0 saturated carbocycles. The average molecular weight is 289 g/mol. The van der Waals surface area contributed by atoms with Gasteiger partial charge in [0.15, 0.2) is 11.5 Å². The predicted octanol–water partition coefficient (Wildman–Crippen LogP) is 2.26. The summed E-state index contributed by atoms with van der Waals surface area (Å²) in [5.41, 5.74) is -0.325. The maximum absolute atomic E-state index is 13.2. The number of phenols is 1. The largest absolute Gasteiger partial charge is 0.504 e. The van der Waals surface area contributed by atoms with Gasteiger partial charge in [-0.3, -0.25) is 0 Å². The molecule has 0 heterocycles. The van der Waals surface area contributed by atoms with Gasteiger partial charge in [0.25, 0.3) is 0 Å². The van der Waals surface area contributed by atoms with E-state index in [4.69, 9.17) is 22.3 Å². The van der Waals surface area contributed by atoms with Gasteiger partial charge in [0.1, 0.15) is 5.82 Å². The smallest absolute Gasteiger partial charge is 0.236 e. The van der Waals surface area contributed by atoms with E-state index in [2.05, 4.69) is 4.74 Å². The normalized spacial score (nSPS) is 11.5. The average Bonchev–Trinajstić information content (AvgIpc) is 2.17. The van der Waals surface area contributed by atoms with Crippen LogP contribution >= 0.6 is 22.3 Å². The van der Waals surface area contributed by atoms with Gasteiger partial charge >= 0.3 is 0 Å². The van der Waals surface area contributed by atoms with Crippen LogP contribution in [0.2, 0.25) is 5.02 Å². The van der Waals surface area contributed by atoms with E-state index < -0.39 is 31.4 Å². The highest BCUT2D eigenvalue weighted by atomic mass is 35.7. The van der Waals surface area contributed by atoms with Gasteiger partial charge in [-0.15, -0.1) is 0 Å². The zero-order valence-electron chi connectivity index (χ0n) is 8.00. The predicted molar refractivity (Wildman–Crippen MR) is 58.1 cm³/mol. The Bertz CT molecular complexity index is 515. The second-order valence-corrected chi connectivity index (χ2v) is 6.04. The van der Waals surface area contributed by atoms with E-state index in [1.54, 1.807) is 0 Å². The molecule has 8 heteroatoms. The Kier molecular flexibility index (Phi) is 3.88. The number of methoxy groups -OCH3 is 1. The molecule has 0 radical (unpaired) electrons. The summed E-state index contributed by atoms with van der Waals surface area (Å²) in [5, 5.41) is 9.06. The maximum Gasteiger partial charge on any atom is 0.236 e. The fraction of sp³-hybridized carbons (Fsp3) is 0.250. The van der Waals surface area contributed by atoms with E-state index >= 15 is 0 Å². The van der Waals surface area contributed by atoms with Crippen molar-refractivity contribution in [3.8, 4) is 11.5 Å². The lowest BCUT2D eigenvalue weighted by atomic mass is 10.2. The third kappa shape index (κ3) is 2.90. The van der Waals surface area contributed by atoms with E-state index in [1.165, 1.54) is 7.11 Å². The molecule has 0 fully saturated rings. The van der Waals surface area contributed by atoms with Gasteiger partial charge in [-0.05, 0) is 0 Å². The third-order valence-electron chi connectivity index (χ3n) is 1.79. The molecule has 1 N–H and O–H groups in total. The van der Waals surface area contributed by atoms with Crippen molar-refractivity contribution in [1.82, 2.24) is 0 Å². The van der Waals surface area contributed by atoms with Crippen LogP contribution in [0.15, 0.2) is 6.07 Å². The number of benzene rings is 1. The van der Waals surface area contributed by atoms with Crippen molar-refractivity contribution < 1.29 is 22.7 Å². The van der Waals surface area contributed by atoms with Crippen LogP contribution in [0.4, 0.5) is 4.39 Å². The summed E-state index contributed by atoms with van der Waals surface area (Å²) >= 11 is 5.52. The van der Waals surface area contributed by atoms with Crippen LogP contribution in [0.25, 0.3) is 0 Å². The van der Waals surface area contributed by atoms with E-state index in [0.717, 1.165) is 6.07 Å². The van der Waals surface area contributed by atoms with Gasteiger partial charge in [-0.25, -0.2) is 12.8 Å². The molecular weight excluding hydrogens is 282 g/mol. The molecule has 4 nitrogen and oxygen atoms in total. The van der Waals surface area contributed by atoms with Gasteiger partial charge in [-0.2, -0.15) is 0 Å². The molecule has 0 saturated heterocycles. The molecule has 0 unspecified atom stereocenters. The molecular formula is C8H7Cl2FO4S. The second-order valence-electron chi connectivity index (χ2n) is 2.88. The number of rotatable bonds is 3. The minimum atomic E-state index is -3.96. The number of ether oxygens (including phenoxy) is 1.